The first-order chi connectivity index (χ1) is 18.1. The Morgan fingerprint density at radius 1 is 0.868 bits per heavy atom. The molecule has 0 fully saturated rings. The summed E-state index contributed by atoms with van der Waals surface area (Å²) in [6.45, 7) is 5.49. The maximum Gasteiger partial charge on any atom is 0.327 e. The molecule has 1 N–H and O–H groups in total. The number of hydrogen-bond acceptors (Lipinski definition) is 5. The van der Waals surface area contributed by atoms with E-state index in [4.69, 9.17) is 27.9 Å². The van der Waals surface area contributed by atoms with Crippen molar-refractivity contribution >= 4 is 69.2 Å². The molecular weight excluding hydrogens is 539 g/mol. The molecule has 4 rings (SSSR count). The number of fused-ring (bicyclic) bond motifs is 1. The molecule has 4 aromatic carbocycles. The summed E-state index contributed by atoms with van der Waals surface area (Å²) in [5, 5.41) is 5.76. The predicted octanol–water partition coefficient (Wildman–Crippen LogP) is 8.18. The molecule has 0 heterocycles. The van der Waals surface area contributed by atoms with Crippen LogP contribution in [0.25, 0.3) is 10.8 Å². The van der Waals surface area contributed by atoms with Gasteiger partial charge in [-0.1, -0.05) is 77.8 Å². The van der Waals surface area contributed by atoms with Crippen molar-refractivity contribution in [2.45, 2.75) is 37.7 Å². The van der Waals surface area contributed by atoms with E-state index in [2.05, 4.69) is 5.32 Å². The highest BCUT2D eigenvalue weighted by Crippen LogP contribution is 2.38. The second kappa shape index (κ2) is 12.1. The highest BCUT2D eigenvalue weighted by molar-refractivity contribution is 8.00. The van der Waals surface area contributed by atoms with Gasteiger partial charge in [0.05, 0.1) is 12.1 Å². The van der Waals surface area contributed by atoms with Gasteiger partial charge in [0.2, 0.25) is 5.91 Å². The molecule has 5 nitrogen and oxygen atoms in total. The predicted molar refractivity (Wildman–Crippen MR) is 158 cm³/mol. The first kappa shape index (κ1) is 27.8. The summed E-state index contributed by atoms with van der Waals surface area (Å²) in [7, 11) is 0. The Labute approximate surface area is 237 Å². The fraction of sp³-hybridized carbons (Fsp3) is 0.200. The zero-order valence-electron chi connectivity index (χ0n) is 21.3. The second-order valence-electron chi connectivity index (χ2n) is 9.71. The van der Waals surface area contributed by atoms with Crippen molar-refractivity contribution in [1.29, 1.82) is 0 Å². The third-order valence-corrected chi connectivity index (χ3v) is 6.82. The number of amides is 1. The molecule has 0 atom stereocenters. The first-order valence-corrected chi connectivity index (χ1v) is 13.6. The summed E-state index contributed by atoms with van der Waals surface area (Å²) < 4.78 is 7.47. The number of anilines is 2. The Kier molecular flexibility index (Phi) is 8.87. The largest absolute Gasteiger partial charge is 0.459 e. The van der Waals surface area contributed by atoms with Gasteiger partial charge in [0, 0.05) is 31.4 Å². The zero-order chi connectivity index (χ0) is 27.3. The highest BCUT2D eigenvalue weighted by atomic mass is 35.5. The number of carbonyl (C=O) groups excluding carboxylic acids is 2. The maximum atomic E-state index is 12.9. The summed E-state index contributed by atoms with van der Waals surface area (Å²) in [6.07, 6.45) is 0.271. The Bertz CT molecular complexity index is 1440. The van der Waals surface area contributed by atoms with E-state index in [-0.39, 0.29) is 24.8 Å². The van der Waals surface area contributed by atoms with Gasteiger partial charge in [-0.05, 0) is 68.6 Å². The lowest BCUT2D eigenvalue weighted by atomic mass is 10.1. The van der Waals surface area contributed by atoms with Crippen LogP contribution in [0.3, 0.4) is 0 Å². The van der Waals surface area contributed by atoms with Gasteiger partial charge in [0.15, 0.2) is 0 Å². The lowest BCUT2D eigenvalue weighted by Gasteiger charge is -2.27. The summed E-state index contributed by atoms with van der Waals surface area (Å²) in [4.78, 5) is 26.5. The van der Waals surface area contributed by atoms with E-state index in [1.165, 1.54) is 11.9 Å². The number of halogens is 2. The summed E-state index contributed by atoms with van der Waals surface area (Å²) in [5.74, 6) is -0.481. The zero-order valence-corrected chi connectivity index (χ0v) is 23.7. The van der Waals surface area contributed by atoms with Crippen LogP contribution >= 0.6 is 35.1 Å². The van der Waals surface area contributed by atoms with E-state index in [1.54, 1.807) is 18.2 Å². The second-order valence-corrected chi connectivity index (χ2v) is 11.7. The van der Waals surface area contributed by atoms with Crippen LogP contribution in [0.4, 0.5) is 11.4 Å². The van der Waals surface area contributed by atoms with Crippen LogP contribution in [0.2, 0.25) is 10.0 Å². The van der Waals surface area contributed by atoms with E-state index in [0.717, 1.165) is 26.9 Å². The number of ether oxygens (including phenoxy) is 1. The third kappa shape index (κ3) is 7.67. The molecule has 0 saturated carbocycles. The normalized spacial score (nSPS) is 11.3. The van der Waals surface area contributed by atoms with Gasteiger partial charge in [-0.3, -0.25) is 9.59 Å². The number of hydrogen-bond donors (Lipinski definition) is 1. The van der Waals surface area contributed by atoms with Crippen molar-refractivity contribution in [2.75, 3.05) is 16.2 Å². The number of rotatable bonds is 8. The van der Waals surface area contributed by atoms with Gasteiger partial charge in [-0.25, -0.2) is 0 Å². The van der Waals surface area contributed by atoms with Gasteiger partial charge in [-0.15, -0.1) is 0 Å². The standard InChI is InChI=1S/C30H28Cl2N2O3S/c1-30(2,3)37-29(36)19-34(38-23-17-21(31)16-22(32)18-23)27-14-8-11-24-25(27)12-7-13-26(24)33-28(35)15-20-9-5-4-6-10-20/h4-14,16-18H,15,19H2,1-3H3,(H,33,35). The Balaban J connectivity index is 1.68. The van der Waals surface area contributed by atoms with Crippen LogP contribution in [-0.2, 0) is 20.7 Å². The fourth-order valence-corrected chi connectivity index (χ4v) is 5.66. The molecule has 0 aliphatic carbocycles. The lowest BCUT2D eigenvalue weighted by molar-refractivity contribution is -0.152. The smallest absolute Gasteiger partial charge is 0.327 e. The van der Waals surface area contributed by atoms with Gasteiger partial charge in [0.1, 0.15) is 12.1 Å². The molecule has 0 saturated heterocycles. The number of esters is 1. The molecule has 0 aliphatic heterocycles. The quantitative estimate of drug-likeness (QED) is 0.172. The number of benzene rings is 4. The van der Waals surface area contributed by atoms with Gasteiger partial charge < -0.3 is 14.4 Å². The molecular formula is C30H28Cl2N2O3S. The van der Waals surface area contributed by atoms with Crippen molar-refractivity contribution in [1.82, 2.24) is 0 Å². The minimum absolute atomic E-state index is 0.0181. The van der Waals surface area contributed by atoms with E-state index in [0.29, 0.717) is 15.7 Å². The highest BCUT2D eigenvalue weighted by Gasteiger charge is 2.22. The summed E-state index contributed by atoms with van der Waals surface area (Å²) in [6, 6.07) is 26.3. The van der Waals surface area contributed by atoms with Crippen molar-refractivity contribution in [3.8, 4) is 0 Å². The van der Waals surface area contributed by atoms with Crippen molar-refractivity contribution in [2.24, 2.45) is 0 Å². The molecule has 0 bridgehead atoms. The molecule has 8 heteroatoms. The molecule has 1 amide bonds. The van der Waals surface area contributed by atoms with E-state index in [9.17, 15) is 9.59 Å². The van der Waals surface area contributed by atoms with Gasteiger partial charge in [0.25, 0.3) is 0 Å². The molecule has 0 aliphatic rings. The van der Waals surface area contributed by atoms with Crippen LogP contribution < -0.4 is 9.62 Å². The van der Waals surface area contributed by atoms with Gasteiger partial charge in [-0.2, -0.15) is 0 Å². The Morgan fingerprint density at radius 2 is 1.53 bits per heavy atom. The van der Waals surface area contributed by atoms with Crippen molar-refractivity contribution in [3.05, 3.63) is 101 Å². The lowest BCUT2D eigenvalue weighted by Crippen LogP contribution is -2.31. The van der Waals surface area contributed by atoms with Crippen molar-refractivity contribution < 1.29 is 14.3 Å². The maximum absolute atomic E-state index is 12.9. The molecule has 0 spiro atoms. The SMILES string of the molecule is CC(C)(C)OC(=O)CN(Sc1cc(Cl)cc(Cl)c1)c1cccc2c(NC(=O)Cc3ccccc3)cccc12. The van der Waals surface area contributed by atoms with Crippen LogP contribution in [-0.4, -0.2) is 24.0 Å². The van der Waals surface area contributed by atoms with Crippen LogP contribution in [0.15, 0.2) is 89.8 Å². The molecule has 0 unspecified atom stereocenters. The van der Waals surface area contributed by atoms with Crippen LogP contribution in [0.5, 0.6) is 0 Å². The average Bonchev–Trinajstić information content (AvgIpc) is 2.82. The first-order valence-electron chi connectivity index (χ1n) is 12.1. The van der Waals surface area contributed by atoms with Gasteiger partial charge >= 0.3 is 5.97 Å². The molecule has 196 valence electrons. The average molecular weight is 568 g/mol. The summed E-state index contributed by atoms with van der Waals surface area (Å²) in [5.41, 5.74) is 1.79. The minimum atomic E-state index is -0.623. The Hall–Kier alpha value is -3.19. The molecule has 0 aromatic heterocycles. The number of nitrogens with one attached hydrogen (secondary N) is 1. The van der Waals surface area contributed by atoms with E-state index >= 15 is 0 Å². The van der Waals surface area contributed by atoms with Crippen molar-refractivity contribution in [3.63, 3.8) is 0 Å². The minimum Gasteiger partial charge on any atom is -0.459 e. The molecule has 4 aromatic rings. The fourth-order valence-electron chi connectivity index (χ4n) is 3.96. The van der Waals surface area contributed by atoms with E-state index < -0.39 is 5.60 Å². The Morgan fingerprint density at radius 3 is 2.21 bits per heavy atom. The number of carbonyl (C=O) groups is 2. The summed E-state index contributed by atoms with van der Waals surface area (Å²) >= 11 is 13.8. The van der Waals surface area contributed by atoms with E-state index in [1.807, 2.05) is 91.8 Å². The third-order valence-electron chi connectivity index (χ3n) is 5.39. The monoisotopic (exact) mass is 566 g/mol. The molecule has 38 heavy (non-hydrogen) atoms. The number of nitrogens with zero attached hydrogens (tertiary/aromatic N) is 1. The van der Waals surface area contributed by atoms with Crippen LogP contribution in [0, 0.1) is 0 Å². The topological polar surface area (TPSA) is 58.6 Å². The molecule has 0 radical (unpaired) electrons. The van der Waals surface area contributed by atoms with Crippen LogP contribution in [0.1, 0.15) is 26.3 Å².